The maximum atomic E-state index is 11.9. The molecule has 0 aliphatic heterocycles. The Morgan fingerprint density at radius 3 is 2.95 bits per heavy atom. The van der Waals surface area contributed by atoms with Crippen LogP contribution in [0.25, 0.3) is 11.0 Å². The minimum Gasteiger partial charge on any atom is -0.397 e. The Hall–Kier alpha value is -2.60. The zero-order chi connectivity index (χ0) is 15.5. The number of imidazole rings is 1. The van der Waals surface area contributed by atoms with Gasteiger partial charge in [-0.25, -0.2) is 4.98 Å². The quantitative estimate of drug-likeness (QED) is 0.574. The third-order valence-electron chi connectivity index (χ3n) is 3.20. The zero-order valence-electron chi connectivity index (χ0n) is 12.1. The largest absolute Gasteiger partial charge is 0.397 e. The number of nitrogens with two attached hydrogens (primary N) is 1. The van der Waals surface area contributed by atoms with Gasteiger partial charge in [-0.3, -0.25) is 9.20 Å². The minimum atomic E-state index is -0.210. The zero-order valence-corrected chi connectivity index (χ0v) is 12.9. The second-order valence-corrected chi connectivity index (χ2v) is 5.86. The van der Waals surface area contributed by atoms with Crippen molar-refractivity contribution >= 4 is 39.7 Å². The fraction of sp³-hybridized carbons (Fsp3) is 0.125. The predicted octanol–water partition coefficient (Wildman–Crippen LogP) is 3.19. The van der Waals surface area contributed by atoms with E-state index >= 15 is 0 Å². The Kier molecular flexibility index (Phi) is 3.93. The summed E-state index contributed by atoms with van der Waals surface area (Å²) >= 11 is 1.55. The summed E-state index contributed by atoms with van der Waals surface area (Å²) < 4.78 is 1.98. The van der Waals surface area contributed by atoms with Crippen molar-refractivity contribution in [2.45, 2.75) is 13.3 Å². The smallest absolute Gasteiger partial charge is 0.248 e. The summed E-state index contributed by atoms with van der Waals surface area (Å²) in [6, 6.07) is 7.17. The first-order valence-electron chi connectivity index (χ1n) is 6.96. The standard InChI is InChI=1S/C16H16N4OS/c1-2-11-9-20-10-12(22-16(20)18-11)7-8-15(21)19-14-6-4-3-5-13(14)17/h3-10H,2,17H2,1H3,(H,19,21)/b8-7+. The molecule has 0 saturated carbocycles. The van der Waals surface area contributed by atoms with E-state index in [9.17, 15) is 4.79 Å². The van der Waals surface area contributed by atoms with E-state index in [1.807, 2.05) is 28.9 Å². The number of anilines is 2. The van der Waals surface area contributed by atoms with Gasteiger partial charge in [0.15, 0.2) is 4.96 Å². The molecule has 0 unspecified atom stereocenters. The number of carbonyl (C=O) groups excluding carboxylic acids is 1. The Bertz CT molecular complexity index is 815. The van der Waals surface area contributed by atoms with Gasteiger partial charge in [0.05, 0.1) is 17.1 Å². The van der Waals surface area contributed by atoms with Crippen LogP contribution < -0.4 is 11.1 Å². The Labute approximate surface area is 132 Å². The molecule has 0 aliphatic rings. The number of hydrogen-bond donors (Lipinski definition) is 2. The number of aromatic nitrogens is 2. The van der Waals surface area contributed by atoms with Gasteiger partial charge >= 0.3 is 0 Å². The first-order valence-corrected chi connectivity index (χ1v) is 7.78. The molecule has 0 bridgehead atoms. The molecule has 3 aromatic rings. The van der Waals surface area contributed by atoms with E-state index in [-0.39, 0.29) is 5.91 Å². The molecule has 0 aliphatic carbocycles. The van der Waals surface area contributed by atoms with E-state index in [0.717, 1.165) is 22.0 Å². The molecule has 112 valence electrons. The number of rotatable bonds is 4. The van der Waals surface area contributed by atoms with Crippen LogP contribution in [-0.2, 0) is 11.2 Å². The maximum absolute atomic E-state index is 11.9. The third kappa shape index (κ3) is 3.01. The van der Waals surface area contributed by atoms with Crippen LogP contribution in [-0.4, -0.2) is 15.3 Å². The lowest BCUT2D eigenvalue weighted by Gasteiger charge is -2.04. The summed E-state index contributed by atoms with van der Waals surface area (Å²) in [6.45, 7) is 2.08. The van der Waals surface area contributed by atoms with Crippen LogP contribution in [0.2, 0.25) is 0 Å². The average Bonchev–Trinajstić information content (AvgIpc) is 3.05. The van der Waals surface area contributed by atoms with Crippen molar-refractivity contribution in [3.63, 3.8) is 0 Å². The normalized spacial score (nSPS) is 11.3. The molecule has 0 radical (unpaired) electrons. The first-order chi connectivity index (χ1) is 10.7. The molecule has 3 N–H and O–H groups in total. The molecule has 2 aromatic heterocycles. The summed E-state index contributed by atoms with van der Waals surface area (Å²) in [5.41, 5.74) is 8.02. The van der Waals surface area contributed by atoms with Gasteiger partial charge in [-0.05, 0) is 24.6 Å². The van der Waals surface area contributed by atoms with Crippen molar-refractivity contribution in [1.82, 2.24) is 9.38 Å². The number of carbonyl (C=O) groups is 1. The van der Waals surface area contributed by atoms with E-state index in [1.54, 1.807) is 29.5 Å². The maximum Gasteiger partial charge on any atom is 0.248 e. The fourth-order valence-corrected chi connectivity index (χ4v) is 2.94. The topological polar surface area (TPSA) is 72.4 Å². The lowest BCUT2D eigenvalue weighted by Crippen LogP contribution is -2.09. The van der Waals surface area contributed by atoms with Gasteiger partial charge in [-0.15, -0.1) is 0 Å². The highest BCUT2D eigenvalue weighted by atomic mass is 32.1. The number of hydrogen-bond acceptors (Lipinski definition) is 4. The summed E-state index contributed by atoms with van der Waals surface area (Å²) in [7, 11) is 0. The van der Waals surface area contributed by atoms with Gasteiger partial charge in [-0.2, -0.15) is 0 Å². The highest BCUT2D eigenvalue weighted by molar-refractivity contribution is 7.17. The lowest BCUT2D eigenvalue weighted by atomic mass is 10.2. The van der Waals surface area contributed by atoms with Crippen LogP contribution in [0.4, 0.5) is 11.4 Å². The third-order valence-corrected chi connectivity index (χ3v) is 4.17. The molecular weight excluding hydrogens is 296 g/mol. The van der Waals surface area contributed by atoms with Crippen LogP contribution in [0.15, 0.2) is 42.7 Å². The van der Waals surface area contributed by atoms with Crippen LogP contribution in [0.3, 0.4) is 0 Å². The summed E-state index contributed by atoms with van der Waals surface area (Å²) in [5.74, 6) is -0.210. The Balaban J connectivity index is 1.70. The van der Waals surface area contributed by atoms with Gasteiger partial charge < -0.3 is 11.1 Å². The number of para-hydroxylation sites is 2. The number of nitrogens with zero attached hydrogens (tertiary/aromatic N) is 2. The number of nitrogen functional groups attached to an aromatic ring is 1. The van der Waals surface area contributed by atoms with Gasteiger partial charge in [-0.1, -0.05) is 30.4 Å². The van der Waals surface area contributed by atoms with Crippen LogP contribution in [0, 0.1) is 0 Å². The highest BCUT2D eigenvalue weighted by Crippen LogP contribution is 2.20. The predicted molar refractivity (Wildman–Crippen MR) is 91.0 cm³/mol. The SMILES string of the molecule is CCc1cn2cc(/C=C/C(=O)Nc3ccccc3N)sc2n1. The molecule has 5 nitrogen and oxygen atoms in total. The number of nitrogens with one attached hydrogen (secondary N) is 1. The van der Waals surface area contributed by atoms with E-state index < -0.39 is 0 Å². The molecule has 0 spiro atoms. The molecule has 0 atom stereocenters. The molecule has 3 rings (SSSR count). The van der Waals surface area contributed by atoms with Gasteiger partial charge in [0.2, 0.25) is 5.91 Å². The van der Waals surface area contributed by atoms with Gasteiger partial charge in [0, 0.05) is 23.3 Å². The minimum absolute atomic E-state index is 0.210. The van der Waals surface area contributed by atoms with Crippen LogP contribution in [0.1, 0.15) is 17.5 Å². The number of benzene rings is 1. The monoisotopic (exact) mass is 312 g/mol. The second-order valence-electron chi connectivity index (χ2n) is 4.82. The van der Waals surface area contributed by atoms with Gasteiger partial charge in [0.1, 0.15) is 0 Å². The molecule has 6 heteroatoms. The number of thiazole rings is 1. The van der Waals surface area contributed by atoms with Gasteiger partial charge in [0.25, 0.3) is 0 Å². The van der Waals surface area contributed by atoms with Crippen molar-refractivity contribution < 1.29 is 4.79 Å². The highest BCUT2D eigenvalue weighted by Gasteiger charge is 2.05. The Morgan fingerprint density at radius 1 is 1.41 bits per heavy atom. The second kappa shape index (κ2) is 6.03. The summed E-state index contributed by atoms with van der Waals surface area (Å²) in [6.07, 6.45) is 8.17. The lowest BCUT2D eigenvalue weighted by molar-refractivity contribution is -0.111. The summed E-state index contributed by atoms with van der Waals surface area (Å²) in [4.78, 5) is 18.3. The number of fused-ring (bicyclic) bond motifs is 1. The fourth-order valence-electron chi connectivity index (χ4n) is 2.05. The number of amides is 1. The van der Waals surface area contributed by atoms with Crippen molar-refractivity contribution in [1.29, 1.82) is 0 Å². The molecule has 22 heavy (non-hydrogen) atoms. The van der Waals surface area contributed by atoms with Crippen molar-refractivity contribution in [2.75, 3.05) is 11.1 Å². The van der Waals surface area contributed by atoms with E-state index in [2.05, 4.69) is 17.2 Å². The van der Waals surface area contributed by atoms with Crippen molar-refractivity contribution in [3.8, 4) is 0 Å². The average molecular weight is 312 g/mol. The molecule has 2 heterocycles. The Morgan fingerprint density at radius 2 is 2.23 bits per heavy atom. The van der Waals surface area contributed by atoms with Crippen LogP contribution in [0.5, 0.6) is 0 Å². The molecule has 0 fully saturated rings. The number of aryl methyl sites for hydroxylation is 1. The molecule has 0 saturated heterocycles. The molecular formula is C16H16N4OS. The van der Waals surface area contributed by atoms with Crippen LogP contribution >= 0.6 is 11.3 Å². The van der Waals surface area contributed by atoms with E-state index in [1.165, 1.54) is 6.08 Å². The van der Waals surface area contributed by atoms with Crippen molar-refractivity contribution in [2.24, 2.45) is 0 Å². The first kappa shape index (κ1) is 14.3. The molecule has 1 amide bonds. The molecule has 1 aromatic carbocycles. The van der Waals surface area contributed by atoms with Crippen molar-refractivity contribution in [3.05, 3.63) is 53.3 Å². The summed E-state index contributed by atoms with van der Waals surface area (Å²) in [5, 5.41) is 2.76. The van der Waals surface area contributed by atoms with E-state index in [0.29, 0.717) is 11.4 Å². The van der Waals surface area contributed by atoms with E-state index in [4.69, 9.17) is 5.73 Å².